The van der Waals surface area contributed by atoms with Crippen molar-refractivity contribution < 1.29 is 18.7 Å². The Morgan fingerprint density at radius 3 is 2.76 bits per heavy atom. The molecule has 0 N–H and O–H groups in total. The quantitative estimate of drug-likeness (QED) is 0.590. The van der Waals surface area contributed by atoms with Crippen LogP contribution >= 0.6 is 11.6 Å². The average molecular weight is 365 g/mol. The summed E-state index contributed by atoms with van der Waals surface area (Å²) in [5, 5.41) is 0.145. The molecule has 0 saturated heterocycles. The van der Waals surface area contributed by atoms with Gasteiger partial charge >= 0.3 is 5.97 Å². The van der Waals surface area contributed by atoms with Crippen molar-refractivity contribution in [2.75, 3.05) is 20.3 Å². The Kier molecular flexibility index (Phi) is 6.29. The molecule has 132 valence electrons. The van der Waals surface area contributed by atoms with E-state index in [-0.39, 0.29) is 23.8 Å². The lowest BCUT2D eigenvalue weighted by molar-refractivity contribution is -0.139. The molecule has 0 bridgehead atoms. The smallest absolute Gasteiger partial charge is 0.336 e. The van der Waals surface area contributed by atoms with Crippen LogP contribution in [0, 0.1) is 12.4 Å². The van der Waals surface area contributed by atoms with Crippen LogP contribution < -0.4 is 0 Å². The van der Waals surface area contributed by atoms with E-state index in [1.165, 1.54) is 19.2 Å². The van der Waals surface area contributed by atoms with E-state index in [0.717, 1.165) is 6.07 Å². The minimum Gasteiger partial charge on any atom is -0.463 e. The molecule has 1 aliphatic rings. The fourth-order valence-electron chi connectivity index (χ4n) is 2.87. The fraction of sp³-hybridized carbons (Fsp3) is 0.389. The van der Waals surface area contributed by atoms with Crippen LogP contribution in [0.15, 0.2) is 34.5 Å². The normalized spacial score (nSPS) is 20.1. The van der Waals surface area contributed by atoms with Gasteiger partial charge in [0.15, 0.2) is 0 Å². The second-order valence-corrected chi connectivity index (χ2v) is 5.89. The highest BCUT2D eigenvalue weighted by Gasteiger charge is 2.43. The molecule has 1 aromatic carbocycles. The SMILES string of the molecule is [C-]#[N+]C1C(C)=NC(COC)=C(C(=O)OCC)C1c1ccc(F)cc1Cl. The van der Waals surface area contributed by atoms with Crippen molar-refractivity contribution in [3.8, 4) is 0 Å². The molecule has 1 aromatic rings. The molecule has 0 fully saturated rings. The van der Waals surface area contributed by atoms with E-state index in [1.807, 2.05) is 0 Å². The first-order chi connectivity index (χ1) is 11.9. The summed E-state index contributed by atoms with van der Waals surface area (Å²) in [7, 11) is 1.49. The van der Waals surface area contributed by atoms with E-state index in [4.69, 9.17) is 27.6 Å². The molecule has 2 unspecified atom stereocenters. The van der Waals surface area contributed by atoms with Crippen LogP contribution in [-0.2, 0) is 14.3 Å². The first-order valence-electron chi connectivity index (χ1n) is 7.70. The molecule has 25 heavy (non-hydrogen) atoms. The van der Waals surface area contributed by atoms with Gasteiger partial charge in [0.05, 0.1) is 30.2 Å². The number of ether oxygens (including phenoxy) is 2. The zero-order valence-corrected chi connectivity index (χ0v) is 14.9. The summed E-state index contributed by atoms with van der Waals surface area (Å²) in [5.74, 6) is -1.77. The highest BCUT2D eigenvalue weighted by Crippen LogP contribution is 2.40. The molecular weight excluding hydrogens is 347 g/mol. The molecular formula is C18H18ClFN2O3. The largest absolute Gasteiger partial charge is 0.463 e. The maximum absolute atomic E-state index is 13.5. The van der Waals surface area contributed by atoms with Gasteiger partial charge in [0.25, 0.3) is 6.04 Å². The Labute approximate surface area is 150 Å². The van der Waals surface area contributed by atoms with Gasteiger partial charge in [0, 0.05) is 12.1 Å². The van der Waals surface area contributed by atoms with Crippen molar-refractivity contribution in [2.24, 2.45) is 4.99 Å². The van der Waals surface area contributed by atoms with E-state index in [1.54, 1.807) is 13.8 Å². The molecule has 2 atom stereocenters. The number of halogens is 2. The maximum Gasteiger partial charge on any atom is 0.336 e. The van der Waals surface area contributed by atoms with Crippen LogP contribution in [0.25, 0.3) is 4.85 Å². The van der Waals surface area contributed by atoms with Crippen LogP contribution in [0.4, 0.5) is 4.39 Å². The number of aliphatic imine (C=N–C) groups is 1. The first-order valence-corrected chi connectivity index (χ1v) is 8.08. The number of hydrogen-bond donors (Lipinski definition) is 0. The van der Waals surface area contributed by atoms with Gasteiger partial charge in [-0.3, -0.25) is 4.99 Å². The summed E-state index contributed by atoms with van der Waals surface area (Å²) in [6, 6.07) is 3.17. The zero-order valence-electron chi connectivity index (χ0n) is 14.2. The summed E-state index contributed by atoms with van der Waals surface area (Å²) >= 11 is 6.22. The summed E-state index contributed by atoms with van der Waals surface area (Å²) < 4.78 is 23.8. The molecule has 0 saturated carbocycles. The number of benzene rings is 1. The predicted molar refractivity (Wildman–Crippen MR) is 93.2 cm³/mol. The molecule has 1 aliphatic heterocycles. The molecule has 0 radical (unpaired) electrons. The summed E-state index contributed by atoms with van der Waals surface area (Å²) in [5.41, 5.74) is 1.64. The lowest BCUT2D eigenvalue weighted by atomic mass is 9.80. The van der Waals surface area contributed by atoms with Gasteiger partial charge in [-0.05, 0) is 31.5 Å². The molecule has 0 aromatic heterocycles. The molecule has 2 rings (SSSR count). The lowest BCUT2D eigenvalue weighted by Gasteiger charge is -2.27. The highest BCUT2D eigenvalue weighted by atomic mass is 35.5. The van der Waals surface area contributed by atoms with Crippen molar-refractivity contribution >= 4 is 23.3 Å². The predicted octanol–water partition coefficient (Wildman–Crippen LogP) is 3.79. The van der Waals surface area contributed by atoms with Gasteiger partial charge in [-0.25, -0.2) is 15.8 Å². The van der Waals surface area contributed by atoms with E-state index >= 15 is 0 Å². The molecule has 0 spiro atoms. The molecule has 0 amide bonds. The Balaban J connectivity index is 2.70. The zero-order chi connectivity index (χ0) is 18.6. The van der Waals surface area contributed by atoms with Gasteiger partial charge in [-0.15, -0.1) is 0 Å². The third-order valence-electron chi connectivity index (χ3n) is 3.89. The Morgan fingerprint density at radius 1 is 1.48 bits per heavy atom. The summed E-state index contributed by atoms with van der Waals surface area (Å²) in [4.78, 5) is 20.6. The third-order valence-corrected chi connectivity index (χ3v) is 4.22. The van der Waals surface area contributed by atoms with E-state index < -0.39 is 23.7 Å². The number of esters is 1. The fourth-order valence-corrected chi connectivity index (χ4v) is 3.15. The number of carbonyl (C=O) groups is 1. The van der Waals surface area contributed by atoms with Gasteiger partial charge in [0.2, 0.25) is 0 Å². The summed E-state index contributed by atoms with van der Waals surface area (Å²) in [6.07, 6.45) is 0. The molecule has 0 aliphatic carbocycles. The van der Waals surface area contributed by atoms with Gasteiger partial charge in [-0.1, -0.05) is 17.7 Å². The van der Waals surface area contributed by atoms with Gasteiger partial charge in [0.1, 0.15) is 11.7 Å². The van der Waals surface area contributed by atoms with Crippen LogP contribution in [0.1, 0.15) is 25.3 Å². The van der Waals surface area contributed by atoms with Crippen molar-refractivity contribution in [1.82, 2.24) is 0 Å². The number of carbonyl (C=O) groups excluding carboxylic acids is 1. The van der Waals surface area contributed by atoms with Crippen molar-refractivity contribution in [3.63, 3.8) is 0 Å². The third kappa shape index (κ3) is 3.89. The minimum atomic E-state index is -0.733. The second kappa shape index (κ2) is 8.24. The number of rotatable bonds is 5. The molecule has 1 heterocycles. The van der Waals surface area contributed by atoms with Crippen LogP contribution in [0.2, 0.25) is 5.02 Å². The highest BCUT2D eigenvalue weighted by molar-refractivity contribution is 6.31. The molecule has 7 heteroatoms. The Hall–Kier alpha value is -2.23. The molecule has 5 nitrogen and oxygen atoms in total. The first kappa shape index (κ1) is 19.1. The van der Waals surface area contributed by atoms with E-state index in [0.29, 0.717) is 17.0 Å². The lowest BCUT2D eigenvalue weighted by Crippen LogP contribution is -2.33. The minimum absolute atomic E-state index is 0.0888. The van der Waals surface area contributed by atoms with E-state index in [9.17, 15) is 9.18 Å². The van der Waals surface area contributed by atoms with Crippen molar-refractivity contribution in [2.45, 2.75) is 25.8 Å². The van der Waals surface area contributed by atoms with Gasteiger partial charge < -0.3 is 14.3 Å². The second-order valence-electron chi connectivity index (χ2n) is 5.48. The van der Waals surface area contributed by atoms with Gasteiger partial charge in [-0.2, -0.15) is 0 Å². The summed E-state index contributed by atoms with van der Waals surface area (Å²) in [6.45, 7) is 11.2. The van der Waals surface area contributed by atoms with Crippen LogP contribution in [-0.4, -0.2) is 38.0 Å². The Morgan fingerprint density at radius 2 is 2.20 bits per heavy atom. The average Bonchev–Trinajstić information content (AvgIpc) is 2.55. The number of methoxy groups -OCH3 is 1. The number of hydrogen-bond acceptors (Lipinski definition) is 4. The van der Waals surface area contributed by atoms with Crippen molar-refractivity contribution in [3.05, 3.63) is 57.3 Å². The van der Waals surface area contributed by atoms with Crippen LogP contribution in [0.5, 0.6) is 0 Å². The maximum atomic E-state index is 13.5. The topological polar surface area (TPSA) is 52.2 Å². The van der Waals surface area contributed by atoms with Crippen molar-refractivity contribution in [1.29, 1.82) is 0 Å². The Bertz CT molecular complexity index is 783. The standard InChI is InChI=1S/C18H18ClFN2O3/c1-5-25-18(23)16-14(9-24-4)22-10(2)17(21-3)15(16)12-7-6-11(20)8-13(12)19/h6-8,15,17H,5,9H2,1-2,4H3. The monoisotopic (exact) mass is 364 g/mol. The number of nitrogens with zero attached hydrogens (tertiary/aromatic N) is 2. The van der Waals surface area contributed by atoms with Crippen LogP contribution in [0.3, 0.4) is 0 Å². The van der Waals surface area contributed by atoms with E-state index in [2.05, 4.69) is 9.84 Å².